The molecule has 16 heavy (non-hydrogen) atoms. The maximum Gasteiger partial charge on any atom is 0.325 e. The van der Waals surface area contributed by atoms with Crippen LogP contribution in [0.4, 0.5) is 0 Å². The summed E-state index contributed by atoms with van der Waals surface area (Å²) < 4.78 is 0. The number of hydrogen-bond acceptors (Lipinski definition) is 4. The van der Waals surface area contributed by atoms with E-state index in [-0.39, 0.29) is 13.0 Å². The first-order valence-corrected chi connectivity index (χ1v) is 5.40. The highest BCUT2D eigenvalue weighted by Gasteiger charge is 2.49. The fourth-order valence-corrected chi connectivity index (χ4v) is 2.01. The molecule has 0 aromatic heterocycles. The second-order valence-electron chi connectivity index (χ2n) is 4.34. The number of unbranched alkanes of at least 4 members (excludes halogenated alkanes) is 1. The lowest BCUT2D eigenvalue weighted by molar-refractivity contribution is -0.142. The molecule has 1 aliphatic rings. The SMILES string of the molecule is CCCCN1C[C@@](N)(C(=O)O)C[C@@H]1C(=O)O. The van der Waals surface area contributed by atoms with Crippen molar-refractivity contribution < 1.29 is 19.8 Å². The van der Waals surface area contributed by atoms with Crippen LogP contribution in [0.5, 0.6) is 0 Å². The van der Waals surface area contributed by atoms with Gasteiger partial charge in [0.15, 0.2) is 0 Å². The van der Waals surface area contributed by atoms with Gasteiger partial charge in [-0.2, -0.15) is 0 Å². The lowest BCUT2D eigenvalue weighted by Crippen LogP contribution is -2.50. The lowest BCUT2D eigenvalue weighted by atomic mass is 9.98. The van der Waals surface area contributed by atoms with E-state index < -0.39 is 23.5 Å². The van der Waals surface area contributed by atoms with Gasteiger partial charge in [-0.25, -0.2) is 0 Å². The van der Waals surface area contributed by atoms with E-state index in [1.807, 2.05) is 6.92 Å². The molecule has 4 N–H and O–H groups in total. The fourth-order valence-electron chi connectivity index (χ4n) is 2.01. The first-order chi connectivity index (χ1) is 7.40. The molecule has 1 aliphatic heterocycles. The molecule has 0 radical (unpaired) electrons. The zero-order chi connectivity index (χ0) is 12.3. The summed E-state index contributed by atoms with van der Waals surface area (Å²) in [6, 6.07) is -0.771. The summed E-state index contributed by atoms with van der Waals surface area (Å²) in [5.74, 6) is -2.12. The summed E-state index contributed by atoms with van der Waals surface area (Å²) in [7, 11) is 0. The van der Waals surface area contributed by atoms with E-state index in [1.54, 1.807) is 4.90 Å². The smallest absolute Gasteiger partial charge is 0.325 e. The van der Waals surface area contributed by atoms with E-state index in [4.69, 9.17) is 15.9 Å². The van der Waals surface area contributed by atoms with Gasteiger partial charge in [-0.15, -0.1) is 0 Å². The van der Waals surface area contributed by atoms with Crippen molar-refractivity contribution in [3.8, 4) is 0 Å². The minimum atomic E-state index is -1.42. The molecule has 0 saturated carbocycles. The highest BCUT2D eigenvalue weighted by molar-refractivity contribution is 5.83. The van der Waals surface area contributed by atoms with Crippen molar-refractivity contribution in [3.63, 3.8) is 0 Å². The van der Waals surface area contributed by atoms with E-state index in [2.05, 4.69) is 0 Å². The molecule has 92 valence electrons. The molecule has 0 bridgehead atoms. The van der Waals surface area contributed by atoms with Gasteiger partial charge in [-0.05, 0) is 13.0 Å². The van der Waals surface area contributed by atoms with E-state index in [9.17, 15) is 9.59 Å². The van der Waals surface area contributed by atoms with Crippen LogP contribution in [-0.4, -0.2) is 51.7 Å². The molecule has 0 spiro atoms. The molecule has 0 aromatic carbocycles. The molecular weight excluding hydrogens is 212 g/mol. The molecule has 6 heteroatoms. The van der Waals surface area contributed by atoms with Crippen molar-refractivity contribution in [2.45, 2.75) is 37.8 Å². The number of carboxylic acids is 2. The Bertz CT molecular complexity index is 295. The third-order valence-electron chi connectivity index (χ3n) is 2.99. The monoisotopic (exact) mass is 230 g/mol. The van der Waals surface area contributed by atoms with Gasteiger partial charge >= 0.3 is 11.9 Å². The van der Waals surface area contributed by atoms with Crippen molar-refractivity contribution in [1.82, 2.24) is 4.90 Å². The van der Waals surface area contributed by atoms with Gasteiger partial charge in [0, 0.05) is 13.0 Å². The average molecular weight is 230 g/mol. The van der Waals surface area contributed by atoms with Crippen LogP contribution in [0.25, 0.3) is 0 Å². The third kappa shape index (κ3) is 2.51. The van der Waals surface area contributed by atoms with Gasteiger partial charge in [0.05, 0.1) is 0 Å². The number of rotatable bonds is 5. The molecule has 2 atom stereocenters. The molecule has 1 fully saturated rings. The fraction of sp³-hybridized carbons (Fsp3) is 0.800. The number of nitrogens with zero attached hydrogens (tertiary/aromatic N) is 1. The van der Waals surface area contributed by atoms with Crippen LogP contribution in [0.3, 0.4) is 0 Å². The second-order valence-corrected chi connectivity index (χ2v) is 4.34. The predicted octanol–water partition coefficient (Wildman–Crippen LogP) is -0.272. The lowest BCUT2D eigenvalue weighted by Gasteiger charge is -2.21. The number of hydrogen-bond donors (Lipinski definition) is 3. The topological polar surface area (TPSA) is 104 Å². The van der Waals surface area contributed by atoms with Crippen LogP contribution in [0.15, 0.2) is 0 Å². The number of carbonyl (C=O) groups is 2. The molecule has 1 rings (SSSR count). The Labute approximate surface area is 94.0 Å². The van der Waals surface area contributed by atoms with Crippen molar-refractivity contribution >= 4 is 11.9 Å². The standard InChI is InChI=1S/C10H18N2O4/c1-2-3-4-12-6-10(11,9(15)16)5-7(12)8(13)14/h7H,2-6,11H2,1H3,(H,13,14)(H,15,16)/t7-,10-/m1/s1. The Balaban J connectivity index is 2.75. The van der Waals surface area contributed by atoms with Crippen LogP contribution < -0.4 is 5.73 Å². The summed E-state index contributed by atoms with van der Waals surface area (Å²) in [4.78, 5) is 23.6. The Morgan fingerprint density at radius 3 is 2.56 bits per heavy atom. The number of nitrogens with two attached hydrogens (primary N) is 1. The van der Waals surface area contributed by atoms with E-state index in [0.29, 0.717) is 6.54 Å². The second kappa shape index (κ2) is 4.80. The molecule has 1 heterocycles. The van der Waals surface area contributed by atoms with Crippen LogP contribution in [0, 0.1) is 0 Å². The van der Waals surface area contributed by atoms with Gasteiger partial charge in [0.25, 0.3) is 0 Å². The van der Waals surface area contributed by atoms with Crippen LogP contribution in [0.2, 0.25) is 0 Å². The Morgan fingerprint density at radius 1 is 1.50 bits per heavy atom. The quantitative estimate of drug-likeness (QED) is 0.600. The zero-order valence-corrected chi connectivity index (χ0v) is 9.35. The Hall–Kier alpha value is -1.14. The van der Waals surface area contributed by atoms with Gasteiger partial charge in [-0.1, -0.05) is 13.3 Å². The zero-order valence-electron chi connectivity index (χ0n) is 9.35. The van der Waals surface area contributed by atoms with Crippen LogP contribution in [0.1, 0.15) is 26.2 Å². The predicted molar refractivity (Wildman–Crippen MR) is 57.1 cm³/mol. The average Bonchev–Trinajstić information content (AvgIpc) is 2.54. The Morgan fingerprint density at radius 2 is 2.12 bits per heavy atom. The van der Waals surface area contributed by atoms with Crippen LogP contribution >= 0.6 is 0 Å². The van der Waals surface area contributed by atoms with Crippen molar-refractivity contribution in [1.29, 1.82) is 0 Å². The first-order valence-electron chi connectivity index (χ1n) is 5.40. The molecule has 1 saturated heterocycles. The molecule has 0 unspecified atom stereocenters. The highest BCUT2D eigenvalue weighted by Crippen LogP contribution is 2.26. The summed E-state index contributed by atoms with van der Waals surface area (Å²) in [5, 5.41) is 18.0. The summed E-state index contributed by atoms with van der Waals surface area (Å²) >= 11 is 0. The number of aliphatic carboxylic acids is 2. The number of likely N-dealkylation sites (tertiary alicyclic amines) is 1. The van der Waals surface area contributed by atoms with E-state index in [1.165, 1.54) is 0 Å². The van der Waals surface area contributed by atoms with Gasteiger partial charge < -0.3 is 15.9 Å². The minimum absolute atomic E-state index is 0.0264. The molecule has 6 nitrogen and oxygen atoms in total. The largest absolute Gasteiger partial charge is 0.480 e. The number of carboxylic acid groups (broad SMARTS) is 2. The maximum atomic E-state index is 11.0. The third-order valence-corrected chi connectivity index (χ3v) is 2.99. The van der Waals surface area contributed by atoms with Crippen molar-refractivity contribution in [3.05, 3.63) is 0 Å². The Kier molecular flexibility index (Phi) is 3.88. The van der Waals surface area contributed by atoms with Gasteiger partial charge in [0.2, 0.25) is 0 Å². The summed E-state index contributed by atoms with van der Waals surface area (Å²) in [6.45, 7) is 2.69. The van der Waals surface area contributed by atoms with Crippen LogP contribution in [-0.2, 0) is 9.59 Å². The van der Waals surface area contributed by atoms with E-state index >= 15 is 0 Å². The first kappa shape index (κ1) is 12.9. The maximum absolute atomic E-state index is 11.0. The summed E-state index contributed by atoms with van der Waals surface area (Å²) in [6.07, 6.45) is 1.76. The normalized spacial score (nSPS) is 30.5. The molecule has 0 aromatic rings. The van der Waals surface area contributed by atoms with Crippen molar-refractivity contribution in [2.24, 2.45) is 5.73 Å². The van der Waals surface area contributed by atoms with E-state index in [0.717, 1.165) is 12.8 Å². The van der Waals surface area contributed by atoms with Crippen molar-refractivity contribution in [2.75, 3.05) is 13.1 Å². The minimum Gasteiger partial charge on any atom is -0.480 e. The molecule has 0 amide bonds. The molecular formula is C10H18N2O4. The summed E-state index contributed by atoms with van der Waals surface area (Å²) in [5.41, 5.74) is 4.27. The highest BCUT2D eigenvalue weighted by atomic mass is 16.4. The van der Waals surface area contributed by atoms with Gasteiger partial charge in [0.1, 0.15) is 11.6 Å². The molecule has 0 aliphatic carbocycles. The van der Waals surface area contributed by atoms with Gasteiger partial charge in [-0.3, -0.25) is 14.5 Å².